The van der Waals surface area contributed by atoms with E-state index in [0.29, 0.717) is 0 Å². The molecule has 14 N–H and O–H groups in total. The van der Waals surface area contributed by atoms with Crippen LogP contribution >= 0.6 is 0 Å². The van der Waals surface area contributed by atoms with Crippen LogP contribution in [0.3, 0.4) is 0 Å². The highest BCUT2D eigenvalue weighted by molar-refractivity contribution is 2.14. The molecular formula is H14N4O. The standard InChI is InChI=1S/4H3N.H2O/h4*1H3;1H2. The minimum absolute atomic E-state index is 0. The van der Waals surface area contributed by atoms with E-state index in [2.05, 4.69) is 0 Å². The Hall–Kier alpha value is -0.200. The molecule has 0 amide bonds. The molecule has 0 fully saturated rings. The second kappa shape index (κ2) is 745. The summed E-state index contributed by atoms with van der Waals surface area (Å²) in [4.78, 5) is 0. The van der Waals surface area contributed by atoms with Crippen LogP contribution in [0.5, 0.6) is 0 Å². The molecule has 0 saturated carbocycles. The van der Waals surface area contributed by atoms with Crippen LogP contribution in [0.25, 0.3) is 0 Å². The predicted molar refractivity (Wildman–Crippen MR) is 23.7 cm³/mol. The smallest absolute Gasteiger partial charge is 0.344 e. The molecule has 40 valence electrons. The third-order valence-electron chi connectivity index (χ3n) is 0. The molecular weight excluding hydrogens is 72.0 g/mol. The van der Waals surface area contributed by atoms with Crippen molar-refractivity contribution in [1.82, 2.24) is 24.6 Å². The lowest BCUT2D eigenvalue weighted by Crippen LogP contribution is -0.482. The molecule has 5 heteroatoms. The van der Waals surface area contributed by atoms with Crippen molar-refractivity contribution in [3.63, 3.8) is 0 Å². The average Bonchev–Trinajstić information content (AvgIpc) is 0. The average molecular weight is 86.1 g/mol. The van der Waals surface area contributed by atoms with Crippen molar-refractivity contribution in [2.24, 2.45) is 0 Å². The Morgan fingerprint density at radius 1 is 0.400 bits per heavy atom. The van der Waals surface area contributed by atoms with Gasteiger partial charge in [-0.2, -0.15) is 0 Å². The van der Waals surface area contributed by atoms with Crippen molar-refractivity contribution in [3.05, 3.63) is 0 Å². The number of hydrogen-bond donors (Lipinski definition) is 4. The van der Waals surface area contributed by atoms with E-state index in [1.807, 2.05) is 0 Å². The summed E-state index contributed by atoms with van der Waals surface area (Å²) in [5.74, 6) is 0. The van der Waals surface area contributed by atoms with E-state index < -0.39 is 0 Å². The Kier molecular flexibility index (Phi) is 258000. The monoisotopic (exact) mass is 86.1 g/mol. The zero-order valence-corrected chi connectivity index (χ0v) is 3.33. The zero-order chi connectivity index (χ0) is 0. The molecule has 5 heavy (non-hydrogen) atoms. The fourth-order valence-electron chi connectivity index (χ4n) is 0. The van der Waals surface area contributed by atoms with E-state index >= 15 is 0 Å². The minimum Gasteiger partial charge on any atom is -0.412 e. The topological polar surface area (TPSA) is 172 Å². The molecule has 0 aromatic carbocycles. The van der Waals surface area contributed by atoms with Gasteiger partial charge >= 0.3 is 0 Å². The Labute approximate surface area is 31.4 Å². The Bertz CT molecular complexity index is 3.61. The summed E-state index contributed by atoms with van der Waals surface area (Å²) in [5.41, 5.74) is 0. The molecule has 0 saturated heterocycles. The molecule has 0 rings (SSSR count). The van der Waals surface area contributed by atoms with Gasteiger partial charge in [-0.1, -0.05) is 0 Å². The molecule has 0 aliphatic rings. The lowest BCUT2D eigenvalue weighted by Gasteiger charge is -0.412. The largest absolute Gasteiger partial charge is 0.412 e. The maximum atomic E-state index is 0. The SMILES string of the molecule is N.N.N.N.O. The van der Waals surface area contributed by atoms with E-state index in [1.54, 1.807) is 0 Å². The van der Waals surface area contributed by atoms with Gasteiger partial charge in [0.25, 0.3) is 0 Å². The first-order valence-electron chi connectivity index (χ1n) is 0. The molecule has 5 nitrogen and oxygen atoms in total. The highest BCUT2D eigenvalue weighted by atomic mass is 16.0. The second-order valence-electron chi connectivity index (χ2n) is 0. The molecule has 0 atom stereocenters. The summed E-state index contributed by atoms with van der Waals surface area (Å²) in [6, 6.07) is 0. The first-order valence-corrected chi connectivity index (χ1v) is 0. The van der Waals surface area contributed by atoms with Gasteiger partial charge in [-0.25, -0.2) is 0 Å². The van der Waals surface area contributed by atoms with Crippen molar-refractivity contribution < 1.29 is 5.48 Å². The normalized spacial score (nSPS) is 0. The number of hydrogen-bond acceptors (Lipinski definition) is 4. The molecule has 0 unspecified atom stereocenters. The van der Waals surface area contributed by atoms with Crippen LogP contribution in [0.4, 0.5) is 0 Å². The summed E-state index contributed by atoms with van der Waals surface area (Å²) >= 11 is 0. The first kappa shape index (κ1) is 1730. The van der Waals surface area contributed by atoms with Gasteiger partial charge in [-0.15, -0.1) is 0 Å². The van der Waals surface area contributed by atoms with E-state index in [9.17, 15) is 0 Å². The van der Waals surface area contributed by atoms with Crippen LogP contribution < -0.4 is 24.6 Å². The van der Waals surface area contributed by atoms with Gasteiger partial charge in [-0.3, -0.25) is 0 Å². The third-order valence-corrected chi connectivity index (χ3v) is 0. The van der Waals surface area contributed by atoms with E-state index in [4.69, 9.17) is 0 Å². The van der Waals surface area contributed by atoms with Gasteiger partial charge in [0.05, 0.1) is 0 Å². The van der Waals surface area contributed by atoms with Crippen molar-refractivity contribution in [3.8, 4) is 0 Å². The van der Waals surface area contributed by atoms with Gasteiger partial charge in [0, 0.05) is 0 Å². The van der Waals surface area contributed by atoms with Crippen LogP contribution in [-0.2, 0) is 0 Å². The molecule has 0 aromatic heterocycles. The number of rotatable bonds is 0. The highest BCUT2D eigenvalue weighted by Crippen LogP contribution is -0.289. The van der Waals surface area contributed by atoms with Crippen LogP contribution in [-0.4, -0.2) is 5.48 Å². The fraction of sp³-hybridized carbons (Fsp3) is 0. The van der Waals surface area contributed by atoms with E-state index in [-0.39, 0.29) is 30.1 Å². The summed E-state index contributed by atoms with van der Waals surface area (Å²) in [6.45, 7) is 0. The minimum atomic E-state index is 0. The van der Waals surface area contributed by atoms with E-state index in [1.165, 1.54) is 0 Å². The summed E-state index contributed by atoms with van der Waals surface area (Å²) in [6.07, 6.45) is 0. The summed E-state index contributed by atoms with van der Waals surface area (Å²) in [5, 5.41) is 0. The molecule has 0 bridgehead atoms. The molecule has 0 aromatic rings. The van der Waals surface area contributed by atoms with Crippen molar-refractivity contribution in [2.75, 3.05) is 0 Å². The molecule has 0 spiro atoms. The lowest BCUT2D eigenvalue weighted by molar-refractivity contribution is 0.824. The van der Waals surface area contributed by atoms with Crippen LogP contribution in [0.2, 0.25) is 0 Å². The Morgan fingerprint density at radius 2 is 0.400 bits per heavy atom. The maximum Gasteiger partial charge on any atom is -0.344 e. The Balaban J connectivity index is 0. The van der Waals surface area contributed by atoms with E-state index in [0.717, 1.165) is 0 Å². The predicted octanol–water partition coefficient (Wildman–Crippen LogP) is -0.177. The van der Waals surface area contributed by atoms with Crippen molar-refractivity contribution >= 4 is 0 Å². The molecule has 0 heterocycles. The van der Waals surface area contributed by atoms with Gasteiger partial charge in [0.1, 0.15) is 0 Å². The van der Waals surface area contributed by atoms with Gasteiger partial charge < -0.3 is 30.1 Å². The highest BCUT2D eigenvalue weighted by Gasteiger charge is -0.341. The van der Waals surface area contributed by atoms with Crippen LogP contribution in [0.1, 0.15) is 0 Å². The van der Waals surface area contributed by atoms with Gasteiger partial charge in [-0.05, 0) is 0 Å². The van der Waals surface area contributed by atoms with Crippen molar-refractivity contribution in [1.29, 1.82) is 0 Å². The molecule has 0 aliphatic carbocycles. The zero-order valence-electron chi connectivity index (χ0n) is 3.33. The van der Waals surface area contributed by atoms with Gasteiger partial charge in [0.15, 0.2) is 0 Å². The summed E-state index contributed by atoms with van der Waals surface area (Å²) in [7, 11) is 0. The van der Waals surface area contributed by atoms with Crippen LogP contribution in [0.15, 0.2) is 0 Å². The lowest BCUT2D eigenvalue weighted by atomic mass is 14.0. The third kappa shape index (κ3) is 308. The van der Waals surface area contributed by atoms with Crippen LogP contribution in [0, 0.1) is 0 Å². The first-order chi connectivity index (χ1) is 0. The fourth-order valence-corrected chi connectivity index (χ4v) is 0. The van der Waals surface area contributed by atoms with Gasteiger partial charge in [0.2, 0.25) is 0 Å². The molecule has 0 aliphatic heterocycles. The second-order valence-corrected chi connectivity index (χ2v) is 0. The van der Waals surface area contributed by atoms with Crippen molar-refractivity contribution in [2.45, 2.75) is 0 Å². The quantitative estimate of drug-likeness (QED) is 0.320. The summed E-state index contributed by atoms with van der Waals surface area (Å²) < 4.78 is 0. The molecule has 0 radical (unpaired) electrons. The maximum absolute atomic E-state index is 0. The Morgan fingerprint density at radius 3 is 0.400 bits per heavy atom.